The summed E-state index contributed by atoms with van der Waals surface area (Å²) >= 11 is 10.1. The Hall–Kier alpha value is -1.05. The number of carbonyl (C=O) groups is 1. The third-order valence-corrected chi connectivity index (χ3v) is 4.29. The first kappa shape index (κ1) is 16.3. The van der Waals surface area contributed by atoms with Gasteiger partial charge < -0.3 is 15.8 Å². The van der Waals surface area contributed by atoms with E-state index in [1.54, 1.807) is 24.3 Å². The quantitative estimate of drug-likeness (QED) is 0.632. The third kappa shape index (κ3) is 4.72. The van der Waals surface area contributed by atoms with Gasteiger partial charge in [0.05, 0.1) is 10.2 Å². The number of hydrogen-bond acceptors (Lipinski definition) is 3. The van der Waals surface area contributed by atoms with E-state index in [9.17, 15) is 4.79 Å². The molecule has 0 spiro atoms. The molecule has 0 atom stereocenters. The second-order valence-electron chi connectivity index (χ2n) is 4.15. The SMILES string of the molecule is Nc1ccc(NC(=O)COc2ccc(Br)cc2Br)c(Br)c1. The van der Waals surface area contributed by atoms with Gasteiger partial charge in [-0.3, -0.25) is 4.79 Å². The number of halogens is 3. The van der Waals surface area contributed by atoms with Crippen molar-refractivity contribution >= 4 is 65.1 Å². The highest BCUT2D eigenvalue weighted by molar-refractivity contribution is 9.11. The molecule has 2 rings (SSSR count). The van der Waals surface area contributed by atoms with Crippen LogP contribution in [0, 0.1) is 0 Å². The highest BCUT2D eigenvalue weighted by atomic mass is 79.9. The summed E-state index contributed by atoms with van der Waals surface area (Å²) in [6, 6.07) is 10.6. The molecule has 0 aromatic heterocycles. The van der Waals surface area contributed by atoms with E-state index in [1.165, 1.54) is 0 Å². The molecule has 1 amide bonds. The lowest BCUT2D eigenvalue weighted by atomic mass is 10.3. The molecule has 4 nitrogen and oxygen atoms in total. The zero-order valence-electron chi connectivity index (χ0n) is 10.7. The number of anilines is 2. The van der Waals surface area contributed by atoms with Gasteiger partial charge in [0.2, 0.25) is 0 Å². The standard InChI is InChI=1S/C14H11Br3N2O2/c15-8-1-4-13(11(17)5-8)21-7-14(20)19-12-3-2-9(18)6-10(12)16/h1-6H,7,18H2,(H,19,20). The van der Waals surface area contributed by atoms with Gasteiger partial charge in [-0.15, -0.1) is 0 Å². The zero-order valence-corrected chi connectivity index (χ0v) is 15.5. The van der Waals surface area contributed by atoms with E-state index in [4.69, 9.17) is 10.5 Å². The molecule has 0 bridgehead atoms. The topological polar surface area (TPSA) is 64.3 Å². The normalized spacial score (nSPS) is 10.2. The predicted molar refractivity (Wildman–Crippen MR) is 94.5 cm³/mol. The minimum Gasteiger partial charge on any atom is -0.483 e. The Morgan fingerprint density at radius 2 is 1.86 bits per heavy atom. The van der Waals surface area contributed by atoms with E-state index in [0.29, 0.717) is 17.1 Å². The average Bonchev–Trinajstić information content (AvgIpc) is 2.41. The number of rotatable bonds is 4. The van der Waals surface area contributed by atoms with E-state index in [1.807, 2.05) is 12.1 Å². The lowest BCUT2D eigenvalue weighted by Crippen LogP contribution is -2.20. The molecule has 21 heavy (non-hydrogen) atoms. The zero-order chi connectivity index (χ0) is 15.4. The van der Waals surface area contributed by atoms with Crippen LogP contribution in [0.2, 0.25) is 0 Å². The van der Waals surface area contributed by atoms with Crippen LogP contribution in [0.3, 0.4) is 0 Å². The van der Waals surface area contributed by atoms with Crippen molar-refractivity contribution in [1.82, 2.24) is 0 Å². The molecule has 0 aliphatic heterocycles. The van der Waals surface area contributed by atoms with Gasteiger partial charge in [0.1, 0.15) is 5.75 Å². The predicted octanol–water partition coefficient (Wildman–Crippen LogP) is 4.57. The number of carbonyl (C=O) groups excluding carboxylic acids is 1. The first-order valence-electron chi connectivity index (χ1n) is 5.88. The van der Waals surface area contributed by atoms with Crippen molar-refractivity contribution in [2.24, 2.45) is 0 Å². The van der Waals surface area contributed by atoms with Gasteiger partial charge in [-0.1, -0.05) is 15.9 Å². The molecule has 0 fully saturated rings. The van der Waals surface area contributed by atoms with Crippen LogP contribution in [0.1, 0.15) is 0 Å². The lowest BCUT2D eigenvalue weighted by Gasteiger charge is -2.10. The van der Waals surface area contributed by atoms with Crippen LogP contribution < -0.4 is 15.8 Å². The van der Waals surface area contributed by atoms with Gasteiger partial charge in [-0.05, 0) is 68.3 Å². The van der Waals surface area contributed by atoms with Crippen molar-refractivity contribution in [2.75, 3.05) is 17.7 Å². The van der Waals surface area contributed by atoms with Gasteiger partial charge in [-0.25, -0.2) is 0 Å². The maximum atomic E-state index is 11.9. The van der Waals surface area contributed by atoms with Crippen molar-refractivity contribution in [2.45, 2.75) is 0 Å². The lowest BCUT2D eigenvalue weighted by molar-refractivity contribution is -0.118. The number of nitrogen functional groups attached to an aromatic ring is 1. The van der Waals surface area contributed by atoms with Crippen LogP contribution >= 0.6 is 47.8 Å². The maximum Gasteiger partial charge on any atom is 0.262 e. The fourth-order valence-corrected chi connectivity index (χ4v) is 3.21. The minimum atomic E-state index is -0.254. The van der Waals surface area contributed by atoms with Gasteiger partial charge in [-0.2, -0.15) is 0 Å². The Kier molecular flexibility index (Phi) is 5.66. The van der Waals surface area contributed by atoms with Crippen molar-refractivity contribution in [3.05, 3.63) is 49.8 Å². The molecule has 110 valence electrons. The van der Waals surface area contributed by atoms with E-state index < -0.39 is 0 Å². The van der Waals surface area contributed by atoms with E-state index in [-0.39, 0.29) is 12.5 Å². The Labute approximate surface area is 147 Å². The molecule has 0 aliphatic carbocycles. The minimum absolute atomic E-state index is 0.0863. The first-order valence-corrected chi connectivity index (χ1v) is 8.26. The number of amides is 1. The molecule has 0 heterocycles. The van der Waals surface area contributed by atoms with E-state index in [2.05, 4.69) is 53.1 Å². The summed E-state index contributed by atoms with van der Waals surface area (Å²) in [7, 11) is 0. The first-order chi connectivity index (χ1) is 9.95. The number of nitrogens with one attached hydrogen (secondary N) is 1. The average molecular weight is 479 g/mol. The molecule has 0 saturated heterocycles. The van der Waals surface area contributed by atoms with Gasteiger partial charge >= 0.3 is 0 Å². The summed E-state index contributed by atoms with van der Waals surface area (Å²) in [5, 5.41) is 2.75. The van der Waals surface area contributed by atoms with Crippen LogP contribution in [0.25, 0.3) is 0 Å². The molecular formula is C14H11Br3N2O2. The van der Waals surface area contributed by atoms with Crippen molar-refractivity contribution in [3.63, 3.8) is 0 Å². The summed E-state index contributed by atoms with van der Waals surface area (Å²) in [6.45, 7) is -0.0863. The van der Waals surface area contributed by atoms with Crippen LogP contribution in [-0.4, -0.2) is 12.5 Å². The molecule has 2 aromatic carbocycles. The maximum absolute atomic E-state index is 11.9. The van der Waals surface area contributed by atoms with Crippen molar-refractivity contribution in [1.29, 1.82) is 0 Å². The molecule has 2 aromatic rings. The summed E-state index contributed by atoms with van der Waals surface area (Å²) in [5.74, 6) is 0.347. The second kappa shape index (κ2) is 7.29. The highest BCUT2D eigenvalue weighted by Crippen LogP contribution is 2.28. The van der Waals surface area contributed by atoms with Crippen LogP contribution in [0.5, 0.6) is 5.75 Å². The van der Waals surface area contributed by atoms with Crippen LogP contribution in [-0.2, 0) is 4.79 Å². The van der Waals surface area contributed by atoms with Crippen molar-refractivity contribution < 1.29 is 9.53 Å². The fraction of sp³-hybridized carbons (Fsp3) is 0.0714. The number of ether oxygens (including phenoxy) is 1. The molecular weight excluding hydrogens is 468 g/mol. The molecule has 7 heteroatoms. The number of nitrogens with two attached hydrogens (primary N) is 1. The summed E-state index contributed by atoms with van der Waals surface area (Å²) in [4.78, 5) is 11.9. The Morgan fingerprint density at radius 1 is 1.10 bits per heavy atom. The molecule has 3 N–H and O–H groups in total. The fourth-order valence-electron chi connectivity index (χ4n) is 1.55. The van der Waals surface area contributed by atoms with E-state index >= 15 is 0 Å². The summed E-state index contributed by atoms with van der Waals surface area (Å²) in [5.41, 5.74) is 6.91. The van der Waals surface area contributed by atoms with E-state index in [0.717, 1.165) is 13.4 Å². The highest BCUT2D eigenvalue weighted by Gasteiger charge is 2.08. The Bertz CT molecular complexity index is 677. The largest absolute Gasteiger partial charge is 0.483 e. The van der Waals surface area contributed by atoms with Crippen LogP contribution in [0.4, 0.5) is 11.4 Å². The summed E-state index contributed by atoms with van der Waals surface area (Å²) < 4.78 is 7.90. The van der Waals surface area contributed by atoms with Crippen LogP contribution in [0.15, 0.2) is 49.8 Å². The second-order valence-corrected chi connectivity index (χ2v) is 6.78. The Balaban J connectivity index is 1.96. The molecule has 0 aliphatic rings. The Morgan fingerprint density at radius 3 is 2.52 bits per heavy atom. The smallest absolute Gasteiger partial charge is 0.262 e. The third-order valence-electron chi connectivity index (χ3n) is 2.52. The number of benzene rings is 2. The number of hydrogen-bond donors (Lipinski definition) is 2. The molecule has 0 unspecified atom stereocenters. The van der Waals surface area contributed by atoms with Gasteiger partial charge in [0.25, 0.3) is 5.91 Å². The van der Waals surface area contributed by atoms with Gasteiger partial charge in [0, 0.05) is 14.6 Å². The monoisotopic (exact) mass is 476 g/mol. The molecule has 0 radical (unpaired) electrons. The summed E-state index contributed by atoms with van der Waals surface area (Å²) in [6.07, 6.45) is 0. The van der Waals surface area contributed by atoms with Gasteiger partial charge in [0.15, 0.2) is 6.61 Å². The van der Waals surface area contributed by atoms with Crippen molar-refractivity contribution in [3.8, 4) is 5.75 Å². The molecule has 0 saturated carbocycles.